The van der Waals surface area contributed by atoms with Crippen LogP contribution in [0.3, 0.4) is 0 Å². The first-order valence-corrected chi connectivity index (χ1v) is 12.2. The van der Waals surface area contributed by atoms with Crippen molar-refractivity contribution in [1.82, 2.24) is 4.90 Å². The molecule has 27 heavy (non-hydrogen) atoms. The van der Waals surface area contributed by atoms with E-state index in [9.17, 15) is 0 Å². The van der Waals surface area contributed by atoms with Gasteiger partial charge in [0.2, 0.25) is 0 Å². The SMILES string of the molecule is CCCCCC/C=C\CC=CCCCCCCCCCC(CCC)N(C)C. The van der Waals surface area contributed by atoms with Crippen LogP contribution in [0, 0.1) is 0 Å². The first kappa shape index (κ1) is 26.4. The van der Waals surface area contributed by atoms with Gasteiger partial charge in [-0.2, -0.15) is 0 Å². The molecule has 1 nitrogen and oxygen atoms in total. The van der Waals surface area contributed by atoms with Gasteiger partial charge < -0.3 is 4.90 Å². The van der Waals surface area contributed by atoms with Crippen molar-refractivity contribution in [3.8, 4) is 0 Å². The van der Waals surface area contributed by atoms with Crippen LogP contribution in [-0.2, 0) is 0 Å². The maximum absolute atomic E-state index is 2.42. The normalized spacial score (nSPS) is 13.4. The van der Waals surface area contributed by atoms with E-state index in [2.05, 4.69) is 57.1 Å². The van der Waals surface area contributed by atoms with Gasteiger partial charge in [-0.15, -0.1) is 0 Å². The van der Waals surface area contributed by atoms with E-state index in [0.717, 1.165) is 12.5 Å². The number of hydrogen-bond donors (Lipinski definition) is 0. The van der Waals surface area contributed by atoms with Crippen LogP contribution in [0.5, 0.6) is 0 Å². The van der Waals surface area contributed by atoms with Crippen LogP contribution >= 0.6 is 0 Å². The van der Waals surface area contributed by atoms with E-state index in [-0.39, 0.29) is 0 Å². The summed E-state index contributed by atoms with van der Waals surface area (Å²) in [5.74, 6) is 0. The molecule has 0 aromatic rings. The van der Waals surface area contributed by atoms with E-state index in [4.69, 9.17) is 0 Å². The lowest BCUT2D eigenvalue weighted by atomic mass is 10.0. The maximum atomic E-state index is 2.42. The Balaban J connectivity index is 3.31. The smallest absolute Gasteiger partial charge is 0.00890 e. The summed E-state index contributed by atoms with van der Waals surface area (Å²) >= 11 is 0. The van der Waals surface area contributed by atoms with Crippen molar-refractivity contribution in [2.45, 2.75) is 129 Å². The summed E-state index contributed by atoms with van der Waals surface area (Å²) in [6, 6.07) is 0.803. The van der Waals surface area contributed by atoms with Crippen molar-refractivity contribution in [2.24, 2.45) is 0 Å². The molecule has 0 aliphatic rings. The number of hydrogen-bond acceptors (Lipinski definition) is 1. The van der Waals surface area contributed by atoms with E-state index < -0.39 is 0 Å². The zero-order valence-corrected chi connectivity index (χ0v) is 19.4. The van der Waals surface area contributed by atoms with Crippen molar-refractivity contribution in [2.75, 3.05) is 14.1 Å². The highest BCUT2D eigenvalue weighted by Crippen LogP contribution is 2.15. The molecule has 1 unspecified atom stereocenters. The predicted molar refractivity (Wildman–Crippen MR) is 126 cm³/mol. The largest absolute Gasteiger partial charge is 0.306 e. The number of nitrogens with zero attached hydrogens (tertiary/aromatic N) is 1. The zero-order valence-electron chi connectivity index (χ0n) is 19.4. The lowest BCUT2D eigenvalue weighted by Gasteiger charge is -2.23. The minimum atomic E-state index is 0.803. The van der Waals surface area contributed by atoms with Gasteiger partial charge in [0, 0.05) is 6.04 Å². The van der Waals surface area contributed by atoms with Crippen LogP contribution in [-0.4, -0.2) is 25.0 Å². The Hall–Kier alpha value is -0.560. The zero-order chi connectivity index (χ0) is 20.0. The molecule has 0 radical (unpaired) electrons. The fraction of sp³-hybridized carbons (Fsp3) is 0.846. The van der Waals surface area contributed by atoms with Gasteiger partial charge in [-0.25, -0.2) is 0 Å². The lowest BCUT2D eigenvalue weighted by molar-refractivity contribution is 0.256. The molecule has 0 saturated heterocycles. The van der Waals surface area contributed by atoms with E-state index in [1.807, 2.05) is 0 Å². The number of allylic oxidation sites excluding steroid dienone is 4. The molecule has 0 spiro atoms. The molecule has 0 aromatic carbocycles. The van der Waals surface area contributed by atoms with Gasteiger partial charge in [-0.1, -0.05) is 102 Å². The fourth-order valence-corrected chi connectivity index (χ4v) is 3.72. The summed E-state index contributed by atoms with van der Waals surface area (Å²) in [6.45, 7) is 4.58. The van der Waals surface area contributed by atoms with Crippen molar-refractivity contribution >= 4 is 0 Å². The van der Waals surface area contributed by atoms with E-state index in [1.54, 1.807) is 0 Å². The van der Waals surface area contributed by atoms with Crippen molar-refractivity contribution in [1.29, 1.82) is 0 Å². The molecule has 1 atom stereocenters. The van der Waals surface area contributed by atoms with Gasteiger partial charge in [0.25, 0.3) is 0 Å². The Bertz CT molecular complexity index is 329. The second-order valence-corrected chi connectivity index (χ2v) is 8.49. The summed E-state index contributed by atoms with van der Waals surface area (Å²) in [4.78, 5) is 2.42. The van der Waals surface area contributed by atoms with Crippen LogP contribution in [0.25, 0.3) is 0 Å². The van der Waals surface area contributed by atoms with Gasteiger partial charge in [0.1, 0.15) is 0 Å². The Kier molecular flexibility index (Phi) is 21.3. The van der Waals surface area contributed by atoms with Crippen LogP contribution in [0.1, 0.15) is 123 Å². The van der Waals surface area contributed by atoms with Gasteiger partial charge >= 0.3 is 0 Å². The molecule has 0 fully saturated rings. The van der Waals surface area contributed by atoms with Gasteiger partial charge in [-0.05, 0) is 59.0 Å². The molecule has 0 saturated carbocycles. The highest BCUT2D eigenvalue weighted by atomic mass is 15.1. The topological polar surface area (TPSA) is 3.24 Å². The molecule has 0 aliphatic carbocycles. The highest BCUT2D eigenvalue weighted by molar-refractivity contribution is 4.92. The molecular formula is C26H51N. The first-order valence-electron chi connectivity index (χ1n) is 12.2. The van der Waals surface area contributed by atoms with Crippen LogP contribution in [0.15, 0.2) is 24.3 Å². The van der Waals surface area contributed by atoms with E-state index in [0.29, 0.717) is 0 Å². The summed E-state index contributed by atoms with van der Waals surface area (Å²) in [5, 5.41) is 0. The quantitative estimate of drug-likeness (QED) is 0.151. The van der Waals surface area contributed by atoms with Crippen molar-refractivity contribution in [3.63, 3.8) is 0 Å². The van der Waals surface area contributed by atoms with Crippen molar-refractivity contribution in [3.05, 3.63) is 24.3 Å². The Labute approximate surface area is 172 Å². The minimum absolute atomic E-state index is 0.803. The average Bonchev–Trinajstić information content (AvgIpc) is 2.66. The Morgan fingerprint density at radius 2 is 1.07 bits per heavy atom. The van der Waals surface area contributed by atoms with Gasteiger partial charge in [-0.3, -0.25) is 0 Å². The molecule has 0 rings (SSSR count). The number of unbranched alkanes of at least 4 members (excludes halogenated alkanes) is 11. The van der Waals surface area contributed by atoms with Gasteiger partial charge in [0.15, 0.2) is 0 Å². The standard InChI is InChI=1S/C26H51N/c1-5-7-8-9-10-11-12-13-14-15-16-17-18-19-20-21-22-23-25-26(24-6-2)27(3)4/h11-12,14-15,26H,5-10,13,16-25H2,1-4H3/b12-11-,15-14?. The second kappa shape index (κ2) is 21.7. The van der Waals surface area contributed by atoms with Crippen LogP contribution < -0.4 is 0 Å². The average molecular weight is 378 g/mol. The molecule has 0 aliphatic heterocycles. The fourth-order valence-electron chi connectivity index (χ4n) is 3.72. The summed E-state index contributed by atoms with van der Waals surface area (Å²) in [6.07, 6.45) is 32.6. The van der Waals surface area contributed by atoms with Crippen LogP contribution in [0.4, 0.5) is 0 Å². The summed E-state index contributed by atoms with van der Waals surface area (Å²) in [7, 11) is 4.47. The third-order valence-electron chi connectivity index (χ3n) is 5.59. The highest BCUT2D eigenvalue weighted by Gasteiger charge is 2.08. The first-order chi connectivity index (χ1) is 13.2. The Morgan fingerprint density at radius 1 is 0.556 bits per heavy atom. The second-order valence-electron chi connectivity index (χ2n) is 8.49. The predicted octanol–water partition coefficient (Wildman–Crippen LogP) is 8.70. The molecule has 1 heteroatoms. The van der Waals surface area contributed by atoms with E-state index in [1.165, 1.54) is 103 Å². The van der Waals surface area contributed by atoms with Crippen molar-refractivity contribution < 1.29 is 0 Å². The number of rotatable bonds is 20. The Morgan fingerprint density at radius 3 is 1.59 bits per heavy atom. The van der Waals surface area contributed by atoms with Gasteiger partial charge in [0.05, 0.1) is 0 Å². The molecule has 160 valence electrons. The summed E-state index contributed by atoms with van der Waals surface area (Å²) in [5.41, 5.74) is 0. The molecular weight excluding hydrogens is 326 g/mol. The monoisotopic (exact) mass is 377 g/mol. The molecule has 0 aromatic heterocycles. The molecule has 0 N–H and O–H groups in total. The maximum Gasteiger partial charge on any atom is 0.00890 e. The minimum Gasteiger partial charge on any atom is -0.306 e. The molecule has 0 heterocycles. The van der Waals surface area contributed by atoms with Crippen LogP contribution in [0.2, 0.25) is 0 Å². The summed E-state index contributed by atoms with van der Waals surface area (Å²) < 4.78 is 0. The molecule has 0 bridgehead atoms. The van der Waals surface area contributed by atoms with E-state index >= 15 is 0 Å². The molecule has 0 amide bonds. The third kappa shape index (κ3) is 20.0. The third-order valence-corrected chi connectivity index (χ3v) is 5.59. The lowest BCUT2D eigenvalue weighted by Crippen LogP contribution is -2.27.